The van der Waals surface area contributed by atoms with Crippen LogP contribution in [0.5, 0.6) is 11.5 Å². The van der Waals surface area contributed by atoms with Gasteiger partial charge in [0.25, 0.3) is 0 Å². The van der Waals surface area contributed by atoms with Crippen LogP contribution in [-0.2, 0) is 0 Å². The minimum atomic E-state index is 0.399. The van der Waals surface area contributed by atoms with E-state index < -0.39 is 0 Å². The Balaban J connectivity index is 2.66. The van der Waals surface area contributed by atoms with E-state index in [0.29, 0.717) is 6.04 Å². The van der Waals surface area contributed by atoms with E-state index in [1.165, 1.54) is 44.1 Å². The number of unbranched alkanes of at least 4 members (excludes halogenated alkanes) is 4. The highest BCUT2D eigenvalue weighted by Crippen LogP contribution is 2.31. The molecule has 0 amide bonds. The fourth-order valence-electron chi connectivity index (χ4n) is 2.65. The SMILES string of the molecule is CCCCCCCC(NCC)c1ccc(OC)c(OC)c1. The summed E-state index contributed by atoms with van der Waals surface area (Å²) < 4.78 is 10.7. The van der Waals surface area contributed by atoms with Gasteiger partial charge in [-0.15, -0.1) is 0 Å². The average molecular weight is 293 g/mol. The first-order valence-corrected chi connectivity index (χ1v) is 8.22. The van der Waals surface area contributed by atoms with Gasteiger partial charge in [-0.1, -0.05) is 52.0 Å². The molecule has 0 fully saturated rings. The summed E-state index contributed by atoms with van der Waals surface area (Å²) in [5.74, 6) is 1.60. The summed E-state index contributed by atoms with van der Waals surface area (Å²) >= 11 is 0. The van der Waals surface area contributed by atoms with Gasteiger partial charge in [0.2, 0.25) is 0 Å². The van der Waals surface area contributed by atoms with Gasteiger partial charge in [-0.05, 0) is 30.7 Å². The standard InChI is InChI=1S/C18H31NO2/c1-5-7-8-9-10-11-16(19-6-2)15-12-13-17(20-3)18(14-15)21-4/h12-14,16,19H,5-11H2,1-4H3. The Bertz CT molecular complexity index is 393. The van der Waals surface area contributed by atoms with Gasteiger partial charge < -0.3 is 14.8 Å². The molecular formula is C18H31NO2. The molecule has 0 radical (unpaired) electrons. The molecule has 0 saturated carbocycles. The van der Waals surface area contributed by atoms with Crippen LogP contribution >= 0.6 is 0 Å². The van der Waals surface area contributed by atoms with E-state index in [9.17, 15) is 0 Å². The van der Waals surface area contributed by atoms with E-state index >= 15 is 0 Å². The number of rotatable bonds is 11. The van der Waals surface area contributed by atoms with Crippen LogP contribution in [0.2, 0.25) is 0 Å². The maximum absolute atomic E-state index is 5.41. The second kappa shape index (κ2) is 10.5. The topological polar surface area (TPSA) is 30.5 Å². The Kier molecular flexibility index (Phi) is 8.91. The highest BCUT2D eigenvalue weighted by Gasteiger charge is 2.13. The lowest BCUT2D eigenvalue weighted by Crippen LogP contribution is -2.21. The van der Waals surface area contributed by atoms with Gasteiger partial charge in [0.1, 0.15) is 0 Å². The van der Waals surface area contributed by atoms with Crippen LogP contribution in [0.25, 0.3) is 0 Å². The molecule has 0 aliphatic rings. The molecule has 1 rings (SSSR count). The molecule has 1 aromatic carbocycles. The van der Waals surface area contributed by atoms with Crippen LogP contribution in [0, 0.1) is 0 Å². The van der Waals surface area contributed by atoms with Crippen LogP contribution in [0.1, 0.15) is 64.0 Å². The predicted octanol–water partition coefficient (Wildman–Crippen LogP) is 4.71. The van der Waals surface area contributed by atoms with E-state index in [4.69, 9.17) is 9.47 Å². The first-order valence-electron chi connectivity index (χ1n) is 8.22. The Hall–Kier alpha value is -1.22. The van der Waals surface area contributed by atoms with Crippen molar-refractivity contribution in [3.05, 3.63) is 23.8 Å². The zero-order chi connectivity index (χ0) is 15.5. The molecule has 0 spiro atoms. The zero-order valence-corrected chi connectivity index (χ0v) is 14.1. The highest BCUT2D eigenvalue weighted by atomic mass is 16.5. The summed E-state index contributed by atoms with van der Waals surface area (Å²) in [5, 5.41) is 3.58. The molecule has 0 aliphatic heterocycles. The van der Waals surface area contributed by atoms with Crippen molar-refractivity contribution in [3.63, 3.8) is 0 Å². The number of ether oxygens (including phenoxy) is 2. The molecule has 3 heteroatoms. The fraction of sp³-hybridized carbons (Fsp3) is 0.667. The number of methoxy groups -OCH3 is 2. The monoisotopic (exact) mass is 293 g/mol. The second-order valence-corrected chi connectivity index (χ2v) is 5.43. The summed E-state index contributed by atoms with van der Waals surface area (Å²) in [7, 11) is 3.36. The molecule has 0 aliphatic carbocycles. The van der Waals surface area contributed by atoms with E-state index in [0.717, 1.165) is 18.0 Å². The van der Waals surface area contributed by atoms with Crippen molar-refractivity contribution < 1.29 is 9.47 Å². The number of hydrogen-bond acceptors (Lipinski definition) is 3. The van der Waals surface area contributed by atoms with Gasteiger partial charge >= 0.3 is 0 Å². The number of nitrogens with one attached hydrogen (secondary N) is 1. The number of hydrogen-bond donors (Lipinski definition) is 1. The number of benzene rings is 1. The van der Waals surface area contributed by atoms with E-state index in [2.05, 4.69) is 31.3 Å². The lowest BCUT2D eigenvalue weighted by Gasteiger charge is -2.20. The zero-order valence-electron chi connectivity index (χ0n) is 14.1. The van der Waals surface area contributed by atoms with E-state index in [-0.39, 0.29) is 0 Å². The third kappa shape index (κ3) is 5.96. The van der Waals surface area contributed by atoms with Gasteiger partial charge in [0.15, 0.2) is 11.5 Å². The first kappa shape index (κ1) is 17.8. The molecule has 1 unspecified atom stereocenters. The van der Waals surface area contributed by atoms with Crippen molar-refractivity contribution in [1.29, 1.82) is 0 Å². The Morgan fingerprint density at radius 1 is 0.952 bits per heavy atom. The van der Waals surface area contributed by atoms with Gasteiger partial charge in [0.05, 0.1) is 14.2 Å². The van der Waals surface area contributed by atoms with Gasteiger partial charge in [-0.25, -0.2) is 0 Å². The maximum atomic E-state index is 5.41. The summed E-state index contributed by atoms with van der Waals surface area (Å²) in [4.78, 5) is 0. The van der Waals surface area contributed by atoms with Gasteiger partial charge in [-0.2, -0.15) is 0 Å². The average Bonchev–Trinajstić information content (AvgIpc) is 2.53. The second-order valence-electron chi connectivity index (χ2n) is 5.43. The molecule has 1 atom stereocenters. The molecule has 0 aromatic heterocycles. The maximum Gasteiger partial charge on any atom is 0.161 e. The van der Waals surface area contributed by atoms with Crippen molar-refractivity contribution in [2.24, 2.45) is 0 Å². The lowest BCUT2D eigenvalue weighted by atomic mass is 9.99. The molecule has 21 heavy (non-hydrogen) atoms. The third-order valence-corrected chi connectivity index (χ3v) is 3.86. The minimum absolute atomic E-state index is 0.399. The third-order valence-electron chi connectivity index (χ3n) is 3.86. The highest BCUT2D eigenvalue weighted by molar-refractivity contribution is 5.43. The summed E-state index contributed by atoms with van der Waals surface area (Å²) in [6.45, 7) is 5.39. The van der Waals surface area contributed by atoms with E-state index in [1.54, 1.807) is 14.2 Å². The predicted molar refractivity (Wildman–Crippen MR) is 89.3 cm³/mol. The van der Waals surface area contributed by atoms with Crippen molar-refractivity contribution >= 4 is 0 Å². The van der Waals surface area contributed by atoms with E-state index in [1.807, 2.05) is 6.07 Å². The Morgan fingerprint density at radius 3 is 2.29 bits per heavy atom. The molecule has 0 bridgehead atoms. The van der Waals surface area contributed by atoms with Crippen molar-refractivity contribution in [3.8, 4) is 11.5 Å². The minimum Gasteiger partial charge on any atom is -0.493 e. The van der Waals surface area contributed by atoms with Gasteiger partial charge in [-0.3, -0.25) is 0 Å². The lowest BCUT2D eigenvalue weighted by molar-refractivity contribution is 0.353. The van der Waals surface area contributed by atoms with Crippen molar-refractivity contribution in [2.75, 3.05) is 20.8 Å². The van der Waals surface area contributed by atoms with Crippen LogP contribution < -0.4 is 14.8 Å². The summed E-state index contributed by atoms with van der Waals surface area (Å²) in [6.07, 6.45) is 7.76. The van der Waals surface area contributed by atoms with Crippen LogP contribution in [0.3, 0.4) is 0 Å². The largest absolute Gasteiger partial charge is 0.493 e. The van der Waals surface area contributed by atoms with Gasteiger partial charge in [0, 0.05) is 6.04 Å². The fourth-order valence-corrected chi connectivity index (χ4v) is 2.65. The van der Waals surface area contributed by atoms with Crippen LogP contribution in [0.4, 0.5) is 0 Å². The normalized spacial score (nSPS) is 12.2. The van der Waals surface area contributed by atoms with Crippen LogP contribution in [0.15, 0.2) is 18.2 Å². The van der Waals surface area contributed by atoms with Crippen molar-refractivity contribution in [1.82, 2.24) is 5.32 Å². The van der Waals surface area contributed by atoms with Crippen LogP contribution in [-0.4, -0.2) is 20.8 Å². The Morgan fingerprint density at radius 2 is 1.67 bits per heavy atom. The molecule has 0 heterocycles. The molecule has 0 saturated heterocycles. The molecule has 3 nitrogen and oxygen atoms in total. The first-order chi connectivity index (χ1) is 10.3. The Labute approximate surface area is 130 Å². The smallest absolute Gasteiger partial charge is 0.161 e. The molecule has 1 N–H and O–H groups in total. The quantitative estimate of drug-likeness (QED) is 0.599. The summed E-state index contributed by atoms with van der Waals surface area (Å²) in [5.41, 5.74) is 1.28. The molecule has 1 aromatic rings. The molecular weight excluding hydrogens is 262 g/mol. The summed E-state index contributed by atoms with van der Waals surface area (Å²) in [6, 6.07) is 6.63. The van der Waals surface area contributed by atoms with Crippen molar-refractivity contribution in [2.45, 2.75) is 58.4 Å². The molecule has 120 valence electrons.